The van der Waals surface area contributed by atoms with Crippen LogP contribution in [-0.4, -0.2) is 62.3 Å². The highest BCUT2D eigenvalue weighted by molar-refractivity contribution is 7.51. The van der Waals surface area contributed by atoms with E-state index in [9.17, 15) is 38.8 Å². The zero-order valence-corrected chi connectivity index (χ0v) is 30.2. The number of hydrogen-bond acceptors (Lipinski definition) is 12. The third-order valence-corrected chi connectivity index (χ3v) is 9.77. The molecule has 17 heteroatoms. The predicted octanol–water partition coefficient (Wildman–Crippen LogP) is 3.76. The Morgan fingerprint density at radius 3 is 2.38 bits per heavy atom. The maximum Gasteiger partial charge on any atom is 0.330 e. The molecule has 1 aromatic heterocycles. The fourth-order valence-corrected chi connectivity index (χ4v) is 6.90. The lowest BCUT2D eigenvalue weighted by Crippen LogP contribution is -2.42. The number of H-pyrrole nitrogens is 1. The standard InChI is InChI=1S/C33H55N6O10P/c1-3-4-5-6-7-8-9-10-11-12-13-14-15-18-26(40)32(44)35-28(41)19-16-17-20-30(42)49-50(46,47)23-27-25(37-38-34)21-29(48-27)39-22-24(2)31(43)36-33(39)45/h15,18,22,25-27,29,32,34,40,44H,3-14,16-17,19-21,23H2,1-2H3,(H2-,35,36,41,43,45,46,47)/b18-15+. The molecule has 0 saturated carbocycles. The number of nitrogens with zero attached hydrogens (tertiary/aromatic N) is 3. The van der Waals surface area contributed by atoms with Crippen molar-refractivity contribution in [3.05, 3.63) is 44.8 Å². The van der Waals surface area contributed by atoms with E-state index < -0.39 is 67.6 Å². The Hall–Kier alpha value is -3.26. The summed E-state index contributed by atoms with van der Waals surface area (Å²) in [5.74, 6) is -1.58. The number of aryl methyl sites for hydroxylation is 1. The zero-order chi connectivity index (χ0) is 36.9. The van der Waals surface area contributed by atoms with Gasteiger partial charge in [0.25, 0.3) is 5.56 Å². The van der Waals surface area contributed by atoms with E-state index in [0.717, 1.165) is 23.8 Å². The summed E-state index contributed by atoms with van der Waals surface area (Å²) in [4.78, 5) is 66.1. The predicted molar refractivity (Wildman–Crippen MR) is 183 cm³/mol. The number of hydrogen-bond donors (Lipinski definition) is 5. The highest BCUT2D eigenvalue weighted by Gasteiger charge is 2.42. The first kappa shape index (κ1) is 42.9. The Bertz CT molecular complexity index is 1440. The second-order valence-corrected chi connectivity index (χ2v) is 14.6. The summed E-state index contributed by atoms with van der Waals surface area (Å²) in [6.07, 6.45) is 13.1. The van der Waals surface area contributed by atoms with Crippen LogP contribution >= 0.6 is 7.60 Å². The first-order valence-electron chi connectivity index (χ1n) is 17.8. The van der Waals surface area contributed by atoms with Crippen molar-refractivity contribution in [3.8, 4) is 0 Å². The van der Waals surface area contributed by atoms with Crippen LogP contribution in [0.3, 0.4) is 0 Å². The molecule has 0 aromatic carbocycles. The molecule has 1 aromatic rings. The minimum Gasteiger partial charge on any atom is -0.769 e. The second kappa shape index (κ2) is 23.3. The summed E-state index contributed by atoms with van der Waals surface area (Å²) in [5.41, 5.74) is 5.91. The van der Waals surface area contributed by atoms with Crippen LogP contribution in [0.4, 0.5) is 0 Å². The monoisotopic (exact) mass is 726 g/mol. The van der Waals surface area contributed by atoms with Gasteiger partial charge in [-0.05, 0) is 32.6 Å². The van der Waals surface area contributed by atoms with E-state index in [2.05, 4.69) is 27.3 Å². The summed E-state index contributed by atoms with van der Waals surface area (Å²) >= 11 is 0. The lowest BCUT2D eigenvalue weighted by molar-refractivity contribution is -0.201. The molecular weight excluding hydrogens is 671 g/mol. The molecule has 2 rings (SSSR count). The highest BCUT2D eigenvalue weighted by atomic mass is 31.2. The van der Waals surface area contributed by atoms with Crippen molar-refractivity contribution < 1.29 is 38.5 Å². The number of carbonyl (C=O) groups is 2. The number of nitrogens with one attached hydrogen (secondary N) is 3. The Morgan fingerprint density at radius 1 is 1.12 bits per heavy atom. The van der Waals surface area contributed by atoms with Crippen molar-refractivity contribution in [1.82, 2.24) is 19.8 Å². The van der Waals surface area contributed by atoms with Crippen molar-refractivity contribution in [1.29, 1.82) is 5.53 Å². The Kier molecular flexibility index (Phi) is 20.0. The summed E-state index contributed by atoms with van der Waals surface area (Å²) < 4.78 is 24.1. The summed E-state index contributed by atoms with van der Waals surface area (Å²) in [7, 11) is -4.81. The van der Waals surface area contributed by atoms with Gasteiger partial charge in [0.05, 0.1) is 12.3 Å². The lowest BCUT2D eigenvalue weighted by Gasteiger charge is -2.26. The van der Waals surface area contributed by atoms with Crippen molar-refractivity contribution in [2.45, 2.75) is 154 Å². The van der Waals surface area contributed by atoms with Crippen LogP contribution in [0, 0.1) is 12.5 Å². The van der Waals surface area contributed by atoms with Crippen LogP contribution in [0.5, 0.6) is 0 Å². The third-order valence-electron chi connectivity index (χ3n) is 8.49. The van der Waals surface area contributed by atoms with Gasteiger partial charge in [-0.3, -0.25) is 28.5 Å². The molecule has 2 heterocycles. The molecule has 6 atom stereocenters. The van der Waals surface area contributed by atoms with E-state index in [1.165, 1.54) is 77.0 Å². The third kappa shape index (κ3) is 16.6. The van der Waals surface area contributed by atoms with Crippen LogP contribution in [0.2, 0.25) is 0 Å². The van der Waals surface area contributed by atoms with E-state index in [0.29, 0.717) is 0 Å². The molecule has 1 saturated heterocycles. The maximum atomic E-state index is 12.6. The minimum atomic E-state index is -4.81. The van der Waals surface area contributed by atoms with E-state index in [1.807, 2.05) is 0 Å². The molecule has 0 spiro atoms. The molecule has 0 bridgehead atoms. The molecule has 16 nitrogen and oxygen atoms in total. The fraction of sp³-hybridized carbons (Fsp3) is 0.758. The summed E-state index contributed by atoms with van der Waals surface area (Å²) in [6, 6.07) is -0.935. The molecule has 282 valence electrons. The molecule has 1 fully saturated rings. The Morgan fingerprint density at radius 2 is 1.74 bits per heavy atom. The normalized spacial score (nSPS) is 19.8. The van der Waals surface area contributed by atoms with Gasteiger partial charge in [0.1, 0.15) is 23.0 Å². The van der Waals surface area contributed by atoms with Crippen molar-refractivity contribution in [2.75, 3.05) is 6.16 Å². The van der Waals surface area contributed by atoms with Crippen LogP contribution in [0.1, 0.15) is 128 Å². The van der Waals surface area contributed by atoms with Crippen molar-refractivity contribution in [2.24, 2.45) is 5.11 Å². The molecule has 0 radical (unpaired) electrons. The summed E-state index contributed by atoms with van der Waals surface area (Å²) in [6.45, 7) is 3.70. The van der Waals surface area contributed by atoms with E-state index in [-0.39, 0.29) is 37.7 Å². The highest BCUT2D eigenvalue weighted by Crippen LogP contribution is 2.43. The van der Waals surface area contributed by atoms with E-state index >= 15 is 0 Å². The summed E-state index contributed by atoms with van der Waals surface area (Å²) in [5, 5.41) is 26.2. The average Bonchev–Trinajstić information content (AvgIpc) is 3.43. The number of allylic oxidation sites excluding steroid dienone is 1. The van der Waals surface area contributed by atoms with Crippen LogP contribution in [0.15, 0.2) is 33.1 Å². The zero-order valence-electron chi connectivity index (χ0n) is 29.3. The number of amides is 1. The van der Waals surface area contributed by atoms with Gasteiger partial charge in [-0.1, -0.05) is 83.3 Å². The molecule has 1 amide bonds. The Balaban J connectivity index is 1.63. The molecular formula is C33H55N6O10P. The molecule has 5 N–H and O–H groups in total. The Labute approximate surface area is 292 Å². The first-order chi connectivity index (χ1) is 23.9. The first-order valence-corrected chi connectivity index (χ1v) is 19.5. The SMILES string of the molecule is CCCCCCCCCCCCC/C=C/C(O)C(O)NC(=O)CCCCC(=O)OP(=O)([O-])CC1OC(n2cc(C)c(=O)[nH]c2=O)CC1N=[N+]=N. The number of aliphatic hydroxyl groups is 2. The number of ether oxygens (including phenoxy) is 1. The van der Waals surface area contributed by atoms with Gasteiger partial charge in [-0.15, -0.1) is 0 Å². The number of carbonyl (C=O) groups excluding carboxylic acids is 2. The molecule has 1 aliphatic rings. The van der Waals surface area contributed by atoms with Gasteiger partial charge in [0.2, 0.25) is 10.8 Å². The van der Waals surface area contributed by atoms with Gasteiger partial charge in [0.15, 0.2) is 19.9 Å². The number of aromatic nitrogens is 2. The number of aromatic amines is 1. The quantitative estimate of drug-likeness (QED) is 0.0244. The van der Waals surface area contributed by atoms with E-state index in [4.69, 9.17) is 14.8 Å². The van der Waals surface area contributed by atoms with Crippen LogP contribution < -0.4 is 26.4 Å². The molecule has 6 unspecified atom stereocenters. The van der Waals surface area contributed by atoms with Crippen molar-refractivity contribution >= 4 is 19.5 Å². The van der Waals surface area contributed by atoms with Gasteiger partial charge in [0, 0.05) is 31.0 Å². The minimum absolute atomic E-state index is 0.0180. The largest absolute Gasteiger partial charge is 0.769 e. The second-order valence-electron chi connectivity index (χ2n) is 12.8. The molecule has 1 aliphatic heterocycles. The van der Waals surface area contributed by atoms with Crippen molar-refractivity contribution in [3.63, 3.8) is 0 Å². The average molecular weight is 727 g/mol. The van der Waals surface area contributed by atoms with Gasteiger partial charge >= 0.3 is 11.7 Å². The van der Waals surface area contributed by atoms with Gasteiger partial charge < -0.3 is 29.7 Å². The molecule has 50 heavy (non-hydrogen) atoms. The number of rotatable bonds is 25. The van der Waals surface area contributed by atoms with Crippen LogP contribution in [-0.2, 0) is 23.4 Å². The number of aliphatic hydroxyl groups excluding tert-OH is 2. The van der Waals surface area contributed by atoms with Gasteiger partial charge in [-0.2, -0.15) is 0 Å². The number of unbranched alkanes of at least 4 members (excludes halogenated alkanes) is 12. The lowest BCUT2D eigenvalue weighted by atomic mass is 10.1. The maximum absolute atomic E-state index is 12.6. The molecule has 0 aliphatic carbocycles. The van der Waals surface area contributed by atoms with E-state index in [1.54, 1.807) is 6.08 Å². The van der Waals surface area contributed by atoms with Crippen LogP contribution in [0.25, 0.3) is 0 Å². The smallest absolute Gasteiger partial charge is 0.330 e. The van der Waals surface area contributed by atoms with Gasteiger partial charge in [-0.25, -0.2) is 4.79 Å². The fourth-order valence-electron chi connectivity index (χ4n) is 5.65. The topological polar surface area (TPSA) is 250 Å².